The molecule has 30 heavy (non-hydrogen) atoms. The van der Waals surface area contributed by atoms with Gasteiger partial charge >= 0.3 is 0 Å². The highest BCUT2D eigenvalue weighted by molar-refractivity contribution is 7.86. The van der Waals surface area contributed by atoms with Crippen LogP contribution in [0.25, 0.3) is 5.57 Å². The van der Waals surface area contributed by atoms with Crippen LogP contribution in [0.15, 0.2) is 42.3 Å². The van der Waals surface area contributed by atoms with Gasteiger partial charge in [-0.2, -0.15) is 13.1 Å². The van der Waals surface area contributed by atoms with E-state index in [0.717, 1.165) is 42.4 Å². The van der Waals surface area contributed by atoms with Gasteiger partial charge in [-0.3, -0.25) is 4.55 Å². The molecule has 2 fully saturated rings. The zero-order valence-corrected chi connectivity index (χ0v) is 18.6. The molecule has 6 atom stereocenters. The molecule has 1 aromatic heterocycles. The van der Waals surface area contributed by atoms with Crippen LogP contribution >= 0.6 is 0 Å². The van der Waals surface area contributed by atoms with Crippen LogP contribution in [0.4, 0.5) is 0 Å². The van der Waals surface area contributed by atoms with Gasteiger partial charge < -0.3 is 5.21 Å². The van der Waals surface area contributed by atoms with Crippen LogP contribution in [0.3, 0.4) is 0 Å². The van der Waals surface area contributed by atoms with Crippen LogP contribution in [0, 0.1) is 33.8 Å². The van der Waals surface area contributed by atoms with Crippen molar-refractivity contribution in [1.29, 1.82) is 0 Å². The molecule has 1 heterocycles. The fourth-order valence-corrected chi connectivity index (χ4v) is 8.32. The summed E-state index contributed by atoms with van der Waals surface area (Å²) in [5.41, 5.74) is 3.75. The van der Waals surface area contributed by atoms with Crippen LogP contribution in [-0.2, 0) is 10.1 Å². The number of pyridine rings is 1. The molecule has 0 bridgehead atoms. The zero-order chi connectivity index (χ0) is 21.3. The van der Waals surface area contributed by atoms with Gasteiger partial charge in [-0.25, -0.2) is 0 Å². The smallest absolute Gasteiger partial charge is 0.268 e. The Bertz CT molecular complexity index is 1050. The molecule has 0 saturated heterocycles. The topological polar surface area (TPSA) is 81.3 Å². The first-order valence-electron chi connectivity index (χ1n) is 11.2. The molecular weight excluding hydrogens is 398 g/mol. The zero-order valence-electron chi connectivity index (χ0n) is 17.8. The Hall–Kier alpha value is -1.66. The van der Waals surface area contributed by atoms with Crippen LogP contribution in [-0.4, -0.2) is 18.2 Å². The van der Waals surface area contributed by atoms with Crippen LogP contribution < -0.4 is 4.73 Å². The number of hydrogen-bond acceptors (Lipinski definition) is 3. The lowest BCUT2D eigenvalue weighted by Crippen LogP contribution is -2.50. The number of allylic oxidation sites excluding steroid dienone is 4. The molecular formula is C24H31NO4S. The van der Waals surface area contributed by atoms with E-state index in [2.05, 4.69) is 32.1 Å². The van der Waals surface area contributed by atoms with E-state index in [9.17, 15) is 18.2 Å². The second-order valence-corrected chi connectivity index (χ2v) is 12.1. The Kier molecular flexibility index (Phi) is 4.50. The first-order valence-corrected chi connectivity index (χ1v) is 12.7. The van der Waals surface area contributed by atoms with E-state index in [-0.39, 0.29) is 10.8 Å². The van der Waals surface area contributed by atoms with Gasteiger partial charge in [0.2, 0.25) is 0 Å². The van der Waals surface area contributed by atoms with E-state index in [1.807, 2.05) is 6.07 Å². The Morgan fingerprint density at radius 3 is 2.60 bits per heavy atom. The van der Waals surface area contributed by atoms with E-state index >= 15 is 0 Å². The average molecular weight is 430 g/mol. The summed E-state index contributed by atoms with van der Waals surface area (Å²) in [6, 6.07) is 3.88. The van der Waals surface area contributed by atoms with Gasteiger partial charge in [0.1, 0.15) is 0 Å². The highest BCUT2D eigenvalue weighted by Gasteiger charge is 2.57. The van der Waals surface area contributed by atoms with Gasteiger partial charge in [0.25, 0.3) is 10.1 Å². The number of fused-ring (bicyclic) bond motifs is 5. The average Bonchev–Trinajstić information content (AvgIpc) is 3.03. The molecule has 0 amide bonds. The molecule has 0 unspecified atom stereocenters. The molecule has 5 nitrogen and oxygen atoms in total. The van der Waals surface area contributed by atoms with Gasteiger partial charge in [-0.1, -0.05) is 31.6 Å². The van der Waals surface area contributed by atoms with Crippen molar-refractivity contribution in [2.24, 2.45) is 28.6 Å². The standard InChI is InChI=1S/C24H31NO4S/c1-23-11-9-18(30(27,28)29)14-17(23)5-6-19-21-8-7-20(16-4-3-13-25(26)15-16)24(21,2)12-10-22(19)23/h3-5,7,13,15,18-19,21-22H,6,8-12,14H2,1-2H3,(H,27,28,29)/t18-,19-,21-,22-,23-,24+/m0/s1. The summed E-state index contributed by atoms with van der Waals surface area (Å²) in [6.45, 7) is 4.71. The van der Waals surface area contributed by atoms with E-state index < -0.39 is 15.4 Å². The predicted molar refractivity (Wildman–Crippen MR) is 116 cm³/mol. The van der Waals surface area contributed by atoms with Crippen LogP contribution in [0.1, 0.15) is 64.4 Å². The van der Waals surface area contributed by atoms with Gasteiger partial charge in [0, 0.05) is 11.6 Å². The third kappa shape index (κ3) is 2.90. The molecule has 5 rings (SSSR count). The quantitative estimate of drug-likeness (QED) is 0.324. The van der Waals surface area contributed by atoms with E-state index in [0.29, 0.717) is 30.6 Å². The van der Waals surface area contributed by atoms with Crippen LogP contribution in [0.5, 0.6) is 0 Å². The molecule has 0 aliphatic heterocycles. The Morgan fingerprint density at radius 2 is 1.87 bits per heavy atom. The maximum absolute atomic E-state index is 11.9. The van der Waals surface area contributed by atoms with Crippen molar-refractivity contribution in [2.45, 2.75) is 64.0 Å². The maximum atomic E-state index is 11.9. The summed E-state index contributed by atoms with van der Waals surface area (Å²) in [5, 5.41) is 11.2. The molecule has 6 heteroatoms. The third-order valence-electron chi connectivity index (χ3n) is 9.15. The fraction of sp³-hybridized carbons (Fsp3) is 0.625. The summed E-state index contributed by atoms with van der Waals surface area (Å²) >= 11 is 0. The monoisotopic (exact) mass is 429 g/mol. The van der Waals surface area contributed by atoms with Gasteiger partial charge in [0.05, 0.1) is 5.25 Å². The first-order chi connectivity index (χ1) is 14.1. The van der Waals surface area contributed by atoms with E-state index in [1.165, 1.54) is 17.3 Å². The second-order valence-electron chi connectivity index (χ2n) is 10.4. The minimum absolute atomic E-state index is 0.0407. The molecule has 4 aliphatic carbocycles. The summed E-state index contributed by atoms with van der Waals surface area (Å²) in [4.78, 5) is 0. The van der Waals surface area contributed by atoms with Gasteiger partial charge in [0.15, 0.2) is 12.4 Å². The Labute approximate surface area is 179 Å². The summed E-state index contributed by atoms with van der Waals surface area (Å²) in [6.07, 6.45) is 14.0. The van der Waals surface area contributed by atoms with Crippen LogP contribution in [0.2, 0.25) is 0 Å². The summed E-state index contributed by atoms with van der Waals surface area (Å²) in [5.74, 6) is 1.70. The van der Waals surface area contributed by atoms with E-state index in [1.54, 1.807) is 6.20 Å². The lowest BCUT2D eigenvalue weighted by atomic mass is 9.47. The summed E-state index contributed by atoms with van der Waals surface area (Å²) < 4.78 is 33.9. The SMILES string of the molecule is C[C@]12CC[C@H](S(=O)(=O)O)CC1=CC[C@@H]1[C@@H]2CC[C@]2(C)C(c3ccc[n+]([O-])c3)=CC[C@@H]12. The Morgan fingerprint density at radius 1 is 1.10 bits per heavy atom. The molecule has 2 saturated carbocycles. The third-order valence-corrected chi connectivity index (χ3v) is 10.4. The highest BCUT2D eigenvalue weighted by Crippen LogP contribution is 2.66. The molecule has 0 spiro atoms. The van der Waals surface area contributed by atoms with E-state index in [4.69, 9.17) is 0 Å². The second kappa shape index (κ2) is 6.67. The highest BCUT2D eigenvalue weighted by atomic mass is 32.2. The van der Waals surface area contributed by atoms with Crippen molar-refractivity contribution in [3.05, 3.63) is 53.0 Å². The van der Waals surface area contributed by atoms with Crippen molar-refractivity contribution < 1.29 is 17.7 Å². The van der Waals surface area contributed by atoms with Gasteiger partial charge in [-0.05, 0) is 85.2 Å². The largest absolute Gasteiger partial charge is 0.619 e. The number of hydrogen-bond donors (Lipinski definition) is 1. The fourth-order valence-electron chi connectivity index (χ4n) is 7.51. The minimum Gasteiger partial charge on any atom is -0.619 e. The van der Waals surface area contributed by atoms with Crippen molar-refractivity contribution >= 4 is 15.7 Å². The molecule has 4 aliphatic rings. The van der Waals surface area contributed by atoms with Crippen molar-refractivity contribution in [3.8, 4) is 0 Å². The molecule has 0 aromatic carbocycles. The lowest BCUT2D eigenvalue weighted by Gasteiger charge is -2.57. The van der Waals surface area contributed by atoms with Crippen molar-refractivity contribution in [3.63, 3.8) is 0 Å². The number of aromatic nitrogens is 1. The molecule has 162 valence electrons. The van der Waals surface area contributed by atoms with Crippen molar-refractivity contribution in [2.75, 3.05) is 0 Å². The summed E-state index contributed by atoms with van der Waals surface area (Å²) in [7, 11) is -3.97. The predicted octanol–water partition coefficient (Wildman–Crippen LogP) is 4.53. The number of rotatable bonds is 2. The Balaban J connectivity index is 1.45. The van der Waals surface area contributed by atoms with Crippen molar-refractivity contribution in [1.82, 2.24) is 0 Å². The lowest BCUT2D eigenvalue weighted by molar-refractivity contribution is -0.605. The molecule has 1 aromatic rings. The normalized spacial score (nSPS) is 40.6. The maximum Gasteiger partial charge on any atom is 0.268 e. The first kappa shape index (κ1) is 20.3. The molecule has 1 N–H and O–H groups in total. The van der Waals surface area contributed by atoms with Gasteiger partial charge in [-0.15, -0.1) is 0 Å². The number of nitrogens with zero attached hydrogens (tertiary/aromatic N) is 1. The molecule has 0 radical (unpaired) electrons. The minimum atomic E-state index is -3.97.